The molecule has 2 rings (SSSR count). The third-order valence-electron chi connectivity index (χ3n) is 3.80. The molecule has 0 aliphatic heterocycles. The highest BCUT2D eigenvalue weighted by atomic mass is 79.9. The Balaban J connectivity index is 2.06. The summed E-state index contributed by atoms with van der Waals surface area (Å²) in [6, 6.07) is 2.06. The third-order valence-corrected chi connectivity index (χ3v) is 4.23. The maximum absolute atomic E-state index is 10.7. The van der Waals surface area contributed by atoms with Crippen LogP contribution in [0.1, 0.15) is 44.6 Å². The van der Waals surface area contributed by atoms with E-state index in [4.69, 9.17) is 0 Å². The van der Waals surface area contributed by atoms with E-state index in [1.807, 2.05) is 6.20 Å². The molecule has 17 heavy (non-hydrogen) atoms. The first-order valence-electron chi connectivity index (χ1n) is 6.43. The van der Waals surface area contributed by atoms with Crippen molar-refractivity contribution in [3.8, 4) is 0 Å². The van der Waals surface area contributed by atoms with Gasteiger partial charge < -0.3 is 5.11 Å². The van der Waals surface area contributed by atoms with Gasteiger partial charge in [0.1, 0.15) is 0 Å². The van der Waals surface area contributed by atoms with Crippen LogP contribution in [0.5, 0.6) is 0 Å². The van der Waals surface area contributed by atoms with Crippen molar-refractivity contribution in [3.63, 3.8) is 0 Å². The normalized spacial score (nSPS) is 29.2. The Kier molecular flexibility index (Phi) is 4.21. The Morgan fingerprint density at radius 1 is 1.53 bits per heavy atom. The highest BCUT2D eigenvalue weighted by Gasteiger charge is 2.33. The second-order valence-corrected chi connectivity index (χ2v) is 6.20. The molecule has 1 heterocycles. The molecule has 2 atom stereocenters. The summed E-state index contributed by atoms with van der Waals surface area (Å²) in [5, 5.41) is 10.7. The Labute approximate surface area is 112 Å². The van der Waals surface area contributed by atoms with Crippen molar-refractivity contribution >= 4 is 15.9 Å². The summed E-state index contributed by atoms with van der Waals surface area (Å²) >= 11 is 3.43. The van der Waals surface area contributed by atoms with Crippen LogP contribution in [0.25, 0.3) is 0 Å². The lowest BCUT2D eigenvalue weighted by atomic mass is 9.74. The predicted octanol–water partition coefficient (Wildman–Crippen LogP) is 3.72. The fraction of sp³-hybridized carbons (Fsp3) is 0.643. The van der Waals surface area contributed by atoms with E-state index < -0.39 is 5.60 Å². The van der Waals surface area contributed by atoms with E-state index in [1.54, 1.807) is 6.20 Å². The van der Waals surface area contributed by atoms with Gasteiger partial charge in [-0.25, -0.2) is 0 Å². The average molecular weight is 298 g/mol. The molecule has 2 unspecified atom stereocenters. The number of nitrogens with zero attached hydrogens (tertiary/aromatic N) is 1. The zero-order valence-corrected chi connectivity index (χ0v) is 11.9. The van der Waals surface area contributed by atoms with Gasteiger partial charge in [-0.05, 0) is 46.3 Å². The molecule has 0 aromatic carbocycles. The molecule has 1 aromatic heterocycles. The van der Waals surface area contributed by atoms with Gasteiger partial charge in [-0.1, -0.05) is 26.2 Å². The van der Waals surface area contributed by atoms with Crippen LogP contribution in [0.3, 0.4) is 0 Å². The van der Waals surface area contributed by atoms with Crippen LogP contribution in [0.15, 0.2) is 22.9 Å². The average Bonchev–Trinajstić information content (AvgIpc) is 2.28. The lowest BCUT2D eigenvalue weighted by molar-refractivity contribution is -0.0162. The summed E-state index contributed by atoms with van der Waals surface area (Å²) in [5.41, 5.74) is 0.611. The summed E-state index contributed by atoms with van der Waals surface area (Å²) < 4.78 is 0.987. The summed E-state index contributed by atoms with van der Waals surface area (Å²) in [6.07, 6.45) is 9.84. The SMILES string of the molecule is CCC1CCCC(O)(Cc2cncc(Br)c2)C1. The topological polar surface area (TPSA) is 33.1 Å². The van der Waals surface area contributed by atoms with E-state index in [0.29, 0.717) is 5.92 Å². The van der Waals surface area contributed by atoms with Crippen LogP contribution in [-0.4, -0.2) is 15.7 Å². The molecular formula is C14H20BrNO. The number of hydrogen-bond donors (Lipinski definition) is 1. The standard InChI is InChI=1S/C14H20BrNO/c1-2-11-4-3-5-14(17,7-11)8-12-6-13(15)10-16-9-12/h6,9-11,17H,2-5,7-8H2,1H3. The van der Waals surface area contributed by atoms with Crippen molar-refractivity contribution < 1.29 is 5.11 Å². The first kappa shape index (κ1) is 13.0. The van der Waals surface area contributed by atoms with Crippen molar-refractivity contribution in [2.45, 2.75) is 51.0 Å². The second-order valence-electron chi connectivity index (χ2n) is 5.28. The predicted molar refractivity (Wildman–Crippen MR) is 72.8 cm³/mol. The summed E-state index contributed by atoms with van der Waals surface area (Å²) in [7, 11) is 0. The van der Waals surface area contributed by atoms with E-state index in [-0.39, 0.29) is 0 Å². The third kappa shape index (κ3) is 3.52. The van der Waals surface area contributed by atoms with Gasteiger partial charge in [-0.2, -0.15) is 0 Å². The largest absolute Gasteiger partial charge is 0.390 e. The molecule has 2 nitrogen and oxygen atoms in total. The first-order valence-corrected chi connectivity index (χ1v) is 7.22. The maximum Gasteiger partial charge on any atom is 0.0691 e. The van der Waals surface area contributed by atoms with Gasteiger partial charge in [-0.15, -0.1) is 0 Å². The molecule has 0 radical (unpaired) electrons. The monoisotopic (exact) mass is 297 g/mol. The Morgan fingerprint density at radius 2 is 2.35 bits per heavy atom. The fourth-order valence-electron chi connectivity index (χ4n) is 2.90. The van der Waals surface area contributed by atoms with Crippen LogP contribution in [-0.2, 0) is 6.42 Å². The molecule has 1 aliphatic carbocycles. The lowest BCUT2D eigenvalue weighted by Gasteiger charge is -2.36. The number of rotatable bonds is 3. The number of pyridine rings is 1. The number of aromatic nitrogens is 1. The Bertz CT molecular complexity index is 382. The van der Waals surface area contributed by atoms with Crippen LogP contribution in [0, 0.1) is 5.92 Å². The minimum Gasteiger partial charge on any atom is -0.390 e. The number of aliphatic hydroxyl groups is 1. The molecule has 3 heteroatoms. The van der Waals surface area contributed by atoms with Crippen LogP contribution in [0.4, 0.5) is 0 Å². The van der Waals surface area contributed by atoms with Crippen molar-refractivity contribution in [2.24, 2.45) is 5.92 Å². The Morgan fingerprint density at radius 3 is 3.06 bits per heavy atom. The van der Waals surface area contributed by atoms with E-state index in [0.717, 1.165) is 35.7 Å². The highest BCUT2D eigenvalue weighted by molar-refractivity contribution is 9.10. The maximum atomic E-state index is 10.7. The fourth-order valence-corrected chi connectivity index (χ4v) is 3.32. The smallest absolute Gasteiger partial charge is 0.0691 e. The Hall–Kier alpha value is -0.410. The lowest BCUT2D eigenvalue weighted by Crippen LogP contribution is -2.37. The minimum atomic E-state index is -0.512. The van der Waals surface area contributed by atoms with Crippen molar-refractivity contribution in [1.29, 1.82) is 0 Å². The summed E-state index contributed by atoms with van der Waals surface area (Å²) in [6.45, 7) is 2.22. The van der Waals surface area contributed by atoms with Crippen LogP contribution >= 0.6 is 15.9 Å². The van der Waals surface area contributed by atoms with Gasteiger partial charge >= 0.3 is 0 Å². The zero-order chi connectivity index (χ0) is 12.3. The molecule has 94 valence electrons. The molecular weight excluding hydrogens is 278 g/mol. The summed E-state index contributed by atoms with van der Waals surface area (Å²) in [4.78, 5) is 4.16. The van der Waals surface area contributed by atoms with E-state index >= 15 is 0 Å². The van der Waals surface area contributed by atoms with Gasteiger partial charge in [0, 0.05) is 23.3 Å². The molecule has 1 aromatic rings. The van der Waals surface area contributed by atoms with Crippen molar-refractivity contribution in [2.75, 3.05) is 0 Å². The van der Waals surface area contributed by atoms with Gasteiger partial charge in [0.15, 0.2) is 0 Å². The van der Waals surface area contributed by atoms with Crippen molar-refractivity contribution in [3.05, 3.63) is 28.5 Å². The molecule has 1 aliphatic rings. The highest BCUT2D eigenvalue weighted by Crippen LogP contribution is 2.36. The van der Waals surface area contributed by atoms with E-state index in [1.165, 1.54) is 12.8 Å². The van der Waals surface area contributed by atoms with Crippen molar-refractivity contribution in [1.82, 2.24) is 4.98 Å². The zero-order valence-electron chi connectivity index (χ0n) is 10.3. The molecule has 1 saturated carbocycles. The molecule has 0 amide bonds. The van der Waals surface area contributed by atoms with Gasteiger partial charge in [0.25, 0.3) is 0 Å². The van der Waals surface area contributed by atoms with Gasteiger partial charge in [-0.3, -0.25) is 4.98 Å². The minimum absolute atomic E-state index is 0.512. The molecule has 1 N–H and O–H groups in total. The molecule has 1 fully saturated rings. The van der Waals surface area contributed by atoms with Gasteiger partial charge in [0.2, 0.25) is 0 Å². The summed E-state index contributed by atoms with van der Waals surface area (Å²) in [5.74, 6) is 0.689. The second kappa shape index (κ2) is 5.49. The quantitative estimate of drug-likeness (QED) is 0.922. The van der Waals surface area contributed by atoms with E-state index in [9.17, 15) is 5.11 Å². The number of halogens is 1. The van der Waals surface area contributed by atoms with Gasteiger partial charge in [0.05, 0.1) is 5.60 Å². The van der Waals surface area contributed by atoms with Crippen LogP contribution in [0.2, 0.25) is 0 Å². The van der Waals surface area contributed by atoms with E-state index in [2.05, 4.69) is 33.9 Å². The molecule has 0 bridgehead atoms. The number of hydrogen-bond acceptors (Lipinski definition) is 2. The molecule has 0 spiro atoms. The molecule has 0 saturated heterocycles. The van der Waals surface area contributed by atoms with Crippen LogP contribution < -0.4 is 0 Å². The first-order chi connectivity index (χ1) is 8.11.